The highest BCUT2D eigenvalue weighted by Crippen LogP contribution is 2.32. The van der Waals surface area contributed by atoms with Crippen LogP contribution in [0.3, 0.4) is 0 Å². The molecule has 1 aromatic heterocycles. The number of carbonyl (C=O) groups excluding carboxylic acids is 2. The molecule has 0 aliphatic heterocycles. The number of amides is 2. The van der Waals surface area contributed by atoms with Gasteiger partial charge in [-0.15, -0.1) is 0 Å². The van der Waals surface area contributed by atoms with Crippen molar-refractivity contribution in [1.29, 1.82) is 0 Å². The van der Waals surface area contributed by atoms with E-state index < -0.39 is 15.6 Å². The smallest absolute Gasteiger partial charge is 0.291 e. The first-order valence-corrected chi connectivity index (χ1v) is 7.35. The molecule has 9 heteroatoms. The molecule has 0 bridgehead atoms. The number of rotatable bonds is 4. The minimum Gasteiger partial charge on any atom is -0.495 e. The number of hydrogen-bond acceptors (Lipinski definition) is 4. The summed E-state index contributed by atoms with van der Waals surface area (Å²) >= 11 is 16.5. The van der Waals surface area contributed by atoms with E-state index in [1.54, 1.807) is 18.2 Å². The standard InChI is InChI=1S/C14H11Cl3N2O4/c1-22-10-5-4-8(18-12(20)11-3-2-6-23-11)7-9(10)19-13(21)14(15,16)17/h2-7H,1H3,(H,18,20)(H,19,21). The van der Waals surface area contributed by atoms with Gasteiger partial charge in [0.1, 0.15) is 5.75 Å². The molecule has 0 unspecified atom stereocenters. The molecule has 0 aliphatic carbocycles. The predicted molar refractivity (Wildman–Crippen MR) is 88.6 cm³/mol. The van der Waals surface area contributed by atoms with Gasteiger partial charge >= 0.3 is 0 Å². The van der Waals surface area contributed by atoms with Crippen molar-refractivity contribution in [3.05, 3.63) is 42.4 Å². The Labute approximate surface area is 146 Å². The Kier molecular flexibility index (Phi) is 5.41. The lowest BCUT2D eigenvalue weighted by molar-refractivity contribution is -0.115. The predicted octanol–water partition coefficient (Wildman–Crippen LogP) is 3.85. The van der Waals surface area contributed by atoms with E-state index in [1.807, 2.05) is 0 Å². The number of halogens is 3. The molecule has 2 rings (SSSR count). The lowest BCUT2D eigenvalue weighted by Crippen LogP contribution is -2.27. The normalized spacial score (nSPS) is 11.0. The fraction of sp³-hybridized carbons (Fsp3) is 0.143. The van der Waals surface area contributed by atoms with Crippen molar-refractivity contribution in [2.75, 3.05) is 17.7 Å². The van der Waals surface area contributed by atoms with Gasteiger partial charge in [0.25, 0.3) is 15.6 Å². The number of hydrogen-bond donors (Lipinski definition) is 2. The third kappa shape index (κ3) is 4.54. The molecular weight excluding hydrogens is 367 g/mol. The topological polar surface area (TPSA) is 80.6 Å². The third-order valence-electron chi connectivity index (χ3n) is 2.71. The van der Waals surface area contributed by atoms with Gasteiger partial charge in [-0.2, -0.15) is 0 Å². The van der Waals surface area contributed by atoms with Crippen molar-refractivity contribution in [2.24, 2.45) is 0 Å². The first kappa shape index (κ1) is 17.5. The van der Waals surface area contributed by atoms with Crippen LogP contribution in [0.4, 0.5) is 11.4 Å². The van der Waals surface area contributed by atoms with Gasteiger partial charge in [0.2, 0.25) is 0 Å². The van der Waals surface area contributed by atoms with Gasteiger partial charge in [-0.05, 0) is 30.3 Å². The zero-order chi connectivity index (χ0) is 17.0. The second kappa shape index (κ2) is 7.12. The van der Waals surface area contributed by atoms with Crippen LogP contribution < -0.4 is 15.4 Å². The van der Waals surface area contributed by atoms with Crippen molar-refractivity contribution >= 4 is 58.0 Å². The fourth-order valence-electron chi connectivity index (χ4n) is 1.68. The van der Waals surface area contributed by atoms with Gasteiger partial charge in [0, 0.05) is 5.69 Å². The van der Waals surface area contributed by atoms with Gasteiger partial charge < -0.3 is 19.8 Å². The number of furan rings is 1. The van der Waals surface area contributed by atoms with Crippen LogP contribution in [-0.4, -0.2) is 22.7 Å². The number of ether oxygens (including phenoxy) is 1. The van der Waals surface area contributed by atoms with E-state index in [-0.39, 0.29) is 11.4 Å². The molecule has 0 radical (unpaired) electrons. The second-order valence-corrected chi connectivity index (χ2v) is 6.58. The fourth-order valence-corrected chi connectivity index (χ4v) is 1.82. The van der Waals surface area contributed by atoms with Gasteiger partial charge in [-0.1, -0.05) is 34.8 Å². The Morgan fingerprint density at radius 1 is 1.17 bits per heavy atom. The molecule has 1 aromatic carbocycles. The monoisotopic (exact) mass is 376 g/mol. The maximum Gasteiger partial charge on any atom is 0.291 e. The maximum atomic E-state index is 11.9. The van der Waals surface area contributed by atoms with Crippen LogP contribution in [0.5, 0.6) is 5.75 Å². The van der Waals surface area contributed by atoms with Crippen LogP contribution in [0.25, 0.3) is 0 Å². The van der Waals surface area contributed by atoms with Crippen LogP contribution in [0.2, 0.25) is 0 Å². The Hall–Kier alpha value is -1.89. The van der Waals surface area contributed by atoms with E-state index in [0.717, 1.165) is 0 Å². The van der Waals surface area contributed by atoms with Gasteiger partial charge in [0.15, 0.2) is 5.76 Å². The molecule has 0 spiro atoms. The molecule has 2 amide bonds. The minimum atomic E-state index is -2.13. The quantitative estimate of drug-likeness (QED) is 0.793. The zero-order valence-electron chi connectivity index (χ0n) is 11.7. The van der Waals surface area contributed by atoms with E-state index in [0.29, 0.717) is 11.4 Å². The Morgan fingerprint density at radius 3 is 2.48 bits per heavy atom. The molecule has 0 fully saturated rings. The van der Waals surface area contributed by atoms with E-state index in [1.165, 1.54) is 25.5 Å². The highest BCUT2D eigenvalue weighted by atomic mass is 35.6. The summed E-state index contributed by atoms with van der Waals surface area (Å²) in [4.78, 5) is 23.7. The maximum absolute atomic E-state index is 11.9. The summed E-state index contributed by atoms with van der Waals surface area (Å²) in [6.45, 7) is 0. The SMILES string of the molecule is COc1ccc(NC(=O)c2ccco2)cc1NC(=O)C(Cl)(Cl)Cl. The summed E-state index contributed by atoms with van der Waals surface area (Å²) in [5.41, 5.74) is 0.632. The zero-order valence-corrected chi connectivity index (χ0v) is 14.0. The van der Waals surface area contributed by atoms with Crippen LogP contribution in [0, 0.1) is 0 Å². The van der Waals surface area contributed by atoms with Crippen molar-refractivity contribution in [3.63, 3.8) is 0 Å². The molecule has 6 nitrogen and oxygen atoms in total. The van der Waals surface area contributed by atoms with Crippen molar-refractivity contribution in [1.82, 2.24) is 0 Å². The summed E-state index contributed by atoms with van der Waals surface area (Å²) in [6.07, 6.45) is 1.38. The number of methoxy groups -OCH3 is 1. The average Bonchev–Trinajstić information content (AvgIpc) is 3.01. The van der Waals surface area contributed by atoms with E-state index in [4.69, 9.17) is 44.0 Å². The second-order valence-electron chi connectivity index (χ2n) is 4.30. The Morgan fingerprint density at radius 2 is 1.91 bits per heavy atom. The summed E-state index contributed by atoms with van der Waals surface area (Å²) in [5, 5.41) is 5.02. The van der Waals surface area contributed by atoms with Crippen LogP contribution in [0.15, 0.2) is 41.0 Å². The molecule has 0 atom stereocenters. The molecule has 0 saturated carbocycles. The lowest BCUT2D eigenvalue weighted by Gasteiger charge is -2.15. The van der Waals surface area contributed by atoms with Crippen LogP contribution >= 0.6 is 34.8 Å². The molecule has 2 aromatic rings. The third-order valence-corrected chi connectivity index (χ3v) is 3.22. The van der Waals surface area contributed by atoms with E-state index >= 15 is 0 Å². The number of alkyl halides is 3. The number of anilines is 2. The first-order chi connectivity index (χ1) is 10.8. The van der Waals surface area contributed by atoms with Crippen molar-refractivity contribution in [3.8, 4) is 5.75 Å². The molecule has 0 saturated heterocycles. The molecule has 23 heavy (non-hydrogen) atoms. The average molecular weight is 378 g/mol. The van der Waals surface area contributed by atoms with E-state index in [2.05, 4.69) is 10.6 Å². The van der Waals surface area contributed by atoms with Crippen molar-refractivity contribution in [2.45, 2.75) is 3.79 Å². The minimum absolute atomic E-state index is 0.146. The molecular formula is C14H11Cl3N2O4. The molecule has 0 aliphatic rings. The van der Waals surface area contributed by atoms with Gasteiger partial charge in [-0.25, -0.2) is 0 Å². The Bertz CT molecular complexity index is 711. The van der Waals surface area contributed by atoms with E-state index in [9.17, 15) is 9.59 Å². The van der Waals surface area contributed by atoms with Gasteiger partial charge in [-0.3, -0.25) is 9.59 Å². The summed E-state index contributed by atoms with van der Waals surface area (Å²) < 4.78 is 7.98. The molecule has 122 valence electrons. The highest BCUT2D eigenvalue weighted by Gasteiger charge is 2.31. The summed E-state index contributed by atoms with van der Waals surface area (Å²) in [6, 6.07) is 7.71. The molecule has 2 N–H and O–H groups in total. The number of nitrogens with one attached hydrogen (secondary N) is 2. The first-order valence-electron chi connectivity index (χ1n) is 6.22. The Balaban J connectivity index is 2.21. The van der Waals surface area contributed by atoms with Crippen LogP contribution in [-0.2, 0) is 4.79 Å². The van der Waals surface area contributed by atoms with Crippen LogP contribution in [0.1, 0.15) is 10.6 Å². The number of carbonyl (C=O) groups is 2. The molecule has 1 heterocycles. The largest absolute Gasteiger partial charge is 0.495 e. The highest BCUT2D eigenvalue weighted by molar-refractivity contribution is 6.76. The lowest BCUT2D eigenvalue weighted by atomic mass is 10.2. The summed E-state index contributed by atoms with van der Waals surface area (Å²) in [5.74, 6) is -0.814. The van der Waals surface area contributed by atoms with Gasteiger partial charge in [0.05, 0.1) is 19.1 Å². The number of benzene rings is 1. The van der Waals surface area contributed by atoms with Crippen molar-refractivity contribution < 1.29 is 18.7 Å². The summed E-state index contributed by atoms with van der Waals surface area (Å²) in [7, 11) is 1.42.